The molecule has 0 radical (unpaired) electrons. The normalized spacial score (nSPS) is 14.8. The Morgan fingerprint density at radius 1 is 1.04 bits per heavy atom. The van der Waals surface area contributed by atoms with Gasteiger partial charge in [0.05, 0.1) is 11.6 Å². The average Bonchev–Trinajstić information content (AvgIpc) is 3.59. The second-order valence-corrected chi connectivity index (χ2v) is 11.9. The molecule has 0 saturated carbocycles. The summed E-state index contributed by atoms with van der Waals surface area (Å²) in [6.07, 6.45) is -2.36. The van der Waals surface area contributed by atoms with Crippen LogP contribution < -0.4 is 27.0 Å². The van der Waals surface area contributed by atoms with Gasteiger partial charge in [0.15, 0.2) is 5.96 Å². The number of nitriles is 1. The molecule has 0 bridgehead atoms. The summed E-state index contributed by atoms with van der Waals surface area (Å²) in [6, 6.07) is 16.5. The summed E-state index contributed by atoms with van der Waals surface area (Å²) in [4.78, 5) is 46.5. The number of aliphatic carboxylic acids is 1. The van der Waals surface area contributed by atoms with Crippen LogP contribution in [0.2, 0.25) is 0 Å². The Hall–Kier alpha value is -5.65. The van der Waals surface area contributed by atoms with Crippen molar-refractivity contribution in [2.45, 2.75) is 63.2 Å². The van der Waals surface area contributed by atoms with Gasteiger partial charge in [-0.2, -0.15) is 18.4 Å². The molecule has 1 saturated heterocycles. The van der Waals surface area contributed by atoms with Crippen LogP contribution in [0, 0.1) is 11.3 Å². The first-order chi connectivity index (χ1) is 23.8. The van der Waals surface area contributed by atoms with Crippen molar-refractivity contribution in [1.82, 2.24) is 15.6 Å². The highest BCUT2D eigenvalue weighted by Crippen LogP contribution is 2.35. The molecule has 1 unspecified atom stereocenters. The fourth-order valence-corrected chi connectivity index (χ4v) is 5.63. The van der Waals surface area contributed by atoms with Gasteiger partial charge in [0.2, 0.25) is 11.8 Å². The van der Waals surface area contributed by atoms with Gasteiger partial charge in [0.25, 0.3) is 0 Å². The fourth-order valence-electron chi connectivity index (χ4n) is 5.63. The standard InChI is InChI=1S/C35H39F3N8O4/c36-35(37,38)29-19-26(25-12-9-22(10-13-25)11-14-31(47)44-27(33(49)50)3-1-16-43-34(40)41)20-30(45-29)46-18-2-4-28(46)32(48)42-17-15-23-5-7-24(21-39)8-6-23/h5-10,12-13,19-20,27-28H,1-4,11,14-18H2,(H,42,48)(H,44,47)(H,49,50)(H4,40,41,43)/t27?,28-/m0/s1. The molecule has 15 heteroatoms. The van der Waals surface area contributed by atoms with Crippen LogP contribution in [0.5, 0.6) is 0 Å². The van der Waals surface area contributed by atoms with Crippen LogP contribution in [-0.2, 0) is 33.4 Å². The Bertz CT molecular complexity index is 1720. The van der Waals surface area contributed by atoms with Crippen LogP contribution >= 0.6 is 0 Å². The zero-order valence-corrected chi connectivity index (χ0v) is 27.2. The summed E-state index contributed by atoms with van der Waals surface area (Å²) in [5.74, 6) is -2.00. The molecule has 2 aromatic carbocycles. The predicted molar refractivity (Wildman–Crippen MR) is 181 cm³/mol. The number of aryl methyl sites for hydroxylation is 1. The van der Waals surface area contributed by atoms with E-state index in [4.69, 9.17) is 16.7 Å². The maximum absolute atomic E-state index is 14.0. The highest BCUT2D eigenvalue weighted by atomic mass is 19.4. The van der Waals surface area contributed by atoms with Crippen LogP contribution in [0.15, 0.2) is 65.7 Å². The van der Waals surface area contributed by atoms with E-state index in [0.717, 1.165) is 17.2 Å². The monoisotopic (exact) mass is 692 g/mol. The minimum Gasteiger partial charge on any atom is -0.480 e. The number of carbonyl (C=O) groups excluding carboxylic acids is 2. The van der Waals surface area contributed by atoms with Crippen molar-refractivity contribution in [2.75, 3.05) is 24.5 Å². The van der Waals surface area contributed by atoms with E-state index in [9.17, 15) is 32.7 Å². The number of nitrogens with two attached hydrogens (primary N) is 2. The molecule has 50 heavy (non-hydrogen) atoms. The van der Waals surface area contributed by atoms with Gasteiger partial charge in [-0.3, -0.25) is 14.6 Å². The summed E-state index contributed by atoms with van der Waals surface area (Å²) < 4.78 is 42.0. The first-order valence-corrected chi connectivity index (χ1v) is 16.1. The number of amides is 2. The highest BCUT2D eigenvalue weighted by Gasteiger charge is 2.36. The van der Waals surface area contributed by atoms with E-state index >= 15 is 0 Å². The highest BCUT2D eigenvalue weighted by molar-refractivity contribution is 5.86. The molecular formula is C35H39F3N8O4. The van der Waals surface area contributed by atoms with Gasteiger partial charge in [-0.1, -0.05) is 36.4 Å². The first kappa shape index (κ1) is 37.2. The number of alkyl halides is 3. The number of hydrogen-bond donors (Lipinski definition) is 5. The molecule has 2 atom stereocenters. The van der Waals surface area contributed by atoms with Crippen LogP contribution in [0.3, 0.4) is 0 Å². The lowest BCUT2D eigenvalue weighted by atomic mass is 10.0. The number of aliphatic imine (C=N–C) groups is 1. The Kier molecular flexibility index (Phi) is 12.7. The first-order valence-electron chi connectivity index (χ1n) is 16.1. The molecule has 2 heterocycles. The summed E-state index contributed by atoms with van der Waals surface area (Å²) >= 11 is 0. The van der Waals surface area contributed by atoms with Gasteiger partial charge in [-0.15, -0.1) is 0 Å². The van der Waals surface area contributed by atoms with Crippen molar-refractivity contribution < 1.29 is 32.7 Å². The third-order valence-electron chi connectivity index (χ3n) is 8.25. The Morgan fingerprint density at radius 3 is 2.36 bits per heavy atom. The van der Waals surface area contributed by atoms with E-state index in [-0.39, 0.29) is 49.1 Å². The van der Waals surface area contributed by atoms with Crippen molar-refractivity contribution in [3.05, 3.63) is 83.0 Å². The molecule has 1 aliphatic heterocycles. The fraction of sp³-hybridized carbons (Fsp3) is 0.371. The van der Waals surface area contributed by atoms with E-state index in [1.165, 1.54) is 0 Å². The number of anilines is 1. The second kappa shape index (κ2) is 17.1. The van der Waals surface area contributed by atoms with Gasteiger partial charge >= 0.3 is 12.1 Å². The minimum absolute atomic E-state index is 0.000536. The number of benzene rings is 2. The molecule has 0 aliphatic carbocycles. The van der Waals surface area contributed by atoms with E-state index in [1.54, 1.807) is 47.4 Å². The lowest BCUT2D eigenvalue weighted by Crippen LogP contribution is -2.44. The number of pyridine rings is 1. The number of nitrogens with one attached hydrogen (secondary N) is 2. The van der Waals surface area contributed by atoms with Crippen LogP contribution in [-0.4, -0.2) is 65.6 Å². The summed E-state index contributed by atoms with van der Waals surface area (Å²) in [7, 11) is 0. The molecule has 2 amide bonds. The van der Waals surface area contributed by atoms with E-state index in [2.05, 4.69) is 26.7 Å². The van der Waals surface area contributed by atoms with Crippen molar-refractivity contribution in [3.8, 4) is 17.2 Å². The van der Waals surface area contributed by atoms with Gasteiger partial charge in [0, 0.05) is 26.1 Å². The number of halogens is 3. The SMILES string of the molecule is N#Cc1ccc(CCNC(=O)[C@@H]2CCCN2c2cc(-c3ccc(CCC(=O)NC(CCCN=C(N)N)C(=O)O)cc3)cc(C(F)(F)F)n2)cc1. The molecule has 264 valence electrons. The third-order valence-corrected chi connectivity index (χ3v) is 8.25. The molecule has 12 nitrogen and oxygen atoms in total. The largest absolute Gasteiger partial charge is 0.480 e. The maximum Gasteiger partial charge on any atom is 0.433 e. The van der Waals surface area contributed by atoms with E-state index in [1.807, 2.05) is 12.1 Å². The summed E-state index contributed by atoms with van der Waals surface area (Å²) in [5, 5.41) is 23.8. The van der Waals surface area contributed by atoms with Crippen LogP contribution in [0.4, 0.5) is 19.0 Å². The third kappa shape index (κ3) is 10.7. The Morgan fingerprint density at radius 2 is 1.72 bits per heavy atom. The van der Waals surface area contributed by atoms with Gasteiger partial charge in [0.1, 0.15) is 23.6 Å². The topological polar surface area (TPSA) is 200 Å². The van der Waals surface area contributed by atoms with E-state index in [0.29, 0.717) is 49.9 Å². The zero-order valence-electron chi connectivity index (χ0n) is 27.2. The zero-order chi connectivity index (χ0) is 36.3. The number of carboxylic acids is 1. The van der Waals surface area contributed by atoms with Crippen molar-refractivity contribution in [1.29, 1.82) is 5.26 Å². The van der Waals surface area contributed by atoms with Gasteiger partial charge in [-0.25, -0.2) is 9.78 Å². The quantitative estimate of drug-likeness (QED) is 0.0898. The van der Waals surface area contributed by atoms with Gasteiger partial charge < -0.3 is 32.1 Å². The minimum atomic E-state index is -4.73. The number of rotatable bonds is 15. The number of carbonyl (C=O) groups is 3. The molecule has 1 fully saturated rings. The molecule has 1 aromatic heterocycles. The number of carboxylic acid groups (broad SMARTS) is 1. The maximum atomic E-state index is 14.0. The Labute approximate surface area is 287 Å². The average molecular weight is 693 g/mol. The molecule has 4 rings (SSSR count). The smallest absolute Gasteiger partial charge is 0.433 e. The molecular weight excluding hydrogens is 653 g/mol. The second-order valence-electron chi connectivity index (χ2n) is 11.9. The lowest BCUT2D eigenvalue weighted by molar-refractivity contribution is -0.142. The predicted octanol–water partition coefficient (Wildman–Crippen LogP) is 3.52. The van der Waals surface area contributed by atoms with E-state index < -0.39 is 35.8 Å². The number of hydrogen-bond acceptors (Lipinski definition) is 7. The van der Waals surface area contributed by atoms with Crippen LogP contribution in [0.1, 0.15) is 54.5 Å². The van der Waals surface area contributed by atoms with Crippen molar-refractivity contribution >= 4 is 29.6 Å². The van der Waals surface area contributed by atoms with Crippen molar-refractivity contribution in [2.24, 2.45) is 16.5 Å². The molecule has 3 aromatic rings. The number of guanidine groups is 1. The molecule has 1 aliphatic rings. The lowest BCUT2D eigenvalue weighted by Gasteiger charge is -2.26. The molecule has 0 spiro atoms. The summed E-state index contributed by atoms with van der Waals surface area (Å²) in [6.45, 7) is 0.917. The van der Waals surface area contributed by atoms with Crippen LogP contribution in [0.25, 0.3) is 11.1 Å². The summed E-state index contributed by atoms with van der Waals surface area (Å²) in [5.41, 5.74) is 12.4. The number of aromatic nitrogens is 1. The van der Waals surface area contributed by atoms with Gasteiger partial charge in [-0.05, 0) is 85.0 Å². The number of nitrogens with zero attached hydrogens (tertiary/aromatic N) is 4. The molecule has 7 N–H and O–H groups in total. The Balaban J connectivity index is 1.40. The van der Waals surface area contributed by atoms with Crippen molar-refractivity contribution in [3.63, 3.8) is 0 Å².